The highest BCUT2D eigenvalue weighted by atomic mass is 19.1. The Morgan fingerprint density at radius 3 is 3.14 bits per heavy atom. The number of rotatable bonds is 5. The van der Waals surface area contributed by atoms with E-state index >= 15 is 0 Å². The summed E-state index contributed by atoms with van der Waals surface area (Å²) in [7, 11) is 0. The molecule has 1 unspecified atom stereocenters. The van der Waals surface area contributed by atoms with Gasteiger partial charge in [-0.3, -0.25) is 0 Å². The molecule has 4 nitrogen and oxygen atoms in total. The first-order valence-electron chi connectivity index (χ1n) is 7.46. The van der Waals surface area contributed by atoms with Crippen molar-refractivity contribution >= 4 is 0 Å². The molecule has 1 N–H and O–H groups in total. The second-order valence-electron chi connectivity index (χ2n) is 5.85. The summed E-state index contributed by atoms with van der Waals surface area (Å²) in [5.41, 5.74) is 0.956. The maximum Gasteiger partial charge on any atom is 0.123 e. The van der Waals surface area contributed by atoms with Crippen LogP contribution in [0.1, 0.15) is 24.2 Å². The molecule has 2 aromatic rings. The second-order valence-corrected chi connectivity index (χ2v) is 5.85. The first kappa shape index (κ1) is 12.8. The van der Waals surface area contributed by atoms with Crippen LogP contribution in [0.5, 0.6) is 5.75 Å². The fourth-order valence-electron chi connectivity index (χ4n) is 2.81. The summed E-state index contributed by atoms with van der Waals surface area (Å²) < 4.78 is 21.3. The molecule has 1 atom stereocenters. The number of benzene rings is 1. The first-order chi connectivity index (χ1) is 10.3. The molecule has 0 bridgehead atoms. The predicted molar refractivity (Wildman–Crippen MR) is 76.6 cm³/mol. The molecule has 0 saturated heterocycles. The van der Waals surface area contributed by atoms with Crippen LogP contribution in [0, 0.1) is 5.82 Å². The zero-order valence-electron chi connectivity index (χ0n) is 11.8. The lowest BCUT2D eigenvalue weighted by atomic mass is 10.1. The molecule has 1 aromatic carbocycles. The number of halogens is 1. The van der Waals surface area contributed by atoms with E-state index in [1.165, 1.54) is 18.9 Å². The van der Waals surface area contributed by atoms with E-state index in [-0.39, 0.29) is 11.9 Å². The Kier molecular flexibility index (Phi) is 3.15. The fraction of sp³-hybridized carbons (Fsp3) is 0.438. The van der Waals surface area contributed by atoms with E-state index in [1.54, 1.807) is 12.1 Å². The Hall–Kier alpha value is -1.88. The average Bonchev–Trinajstić information content (AvgIpc) is 3.06. The minimum atomic E-state index is -0.199. The summed E-state index contributed by atoms with van der Waals surface area (Å²) in [4.78, 5) is 4.41. The van der Waals surface area contributed by atoms with E-state index in [0.29, 0.717) is 6.04 Å². The van der Waals surface area contributed by atoms with Crippen molar-refractivity contribution in [2.75, 3.05) is 0 Å². The number of nitrogens with one attached hydrogen (secondary N) is 1. The zero-order valence-corrected chi connectivity index (χ0v) is 11.8. The molecule has 0 radical (unpaired) electrons. The third-order valence-electron chi connectivity index (χ3n) is 4.09. The predicted octanol–water partition coefficient (Wildman–Crippen LogP) is 2.28. The van der Waals surface area contributed by atoms with Crippen molar-refractivity contribution in [1.29, 1.82) is 0 Å². The highest BCUT2D eigenvalue weighted by Gasteiger charge is 2.25. The number of imidazole rings is 1. The van der Waals surface area contributed by atoms with Gasteiger partial charge in [0, 0.05) is 30.4 Å². The van der Waals surface area contributed by atoms with Crippen molar-refractivity contribution in [2.24, 2.45) is 0 Å². The fourth-order valence-corrected chi connectivity index (χ4v) is 2.81. The Labute approximate surface area is 122 Å². The van der Waals surface area contributed by atoms with E-state index in [0.717, 1.165) is 36.6 Å². The maximum absolute atomic E-state index is 13.2. The van der Waals surface area contributed by atoms with Crippen LogP contribution in [0.2, 0.25) is 0 Å². The van der Waals surface area contributed by atoms with Crippen LogP contribution in [-0.2, 0) is 19.5 Å². The van der Waals surface area contributed by atoms with Gasteiger partial charge in [0.15, 0.2) is 0 Å². The van der Waals surface area contributed by atoms with Crippen LogP contribution in [0.15, 0.2) is 30.6 Å². The van der Waals surface area contributed by atoms with Gasteiger partial charge in [-0.25, -0.2) is 9.37 Å². The SMILES string of the molecule is Fc1ccc2c(c1)CC(Cn1ccnc1CNC1CC1)O2. The highest BCUT2D eigenvalue weighted by Crippen LogP contribution is 2.30. The number of ether oxygens (including phenoxy) is 1. The summed E-state index contributed by atoms with van der Waals surface area (Å²) in [6, 6.07) is 5.40. The van der Waals surface area contributed by atoms with Crippen LogP contribution >= 0.6 is 0 Å². The van der Waals surface area contributed by atoms with Gasteiger partial charge in [0.2, 0.25) is 0 Å². The van der Waals surface area contributed by atoms with Gasteiger partial charge in [-0.2, -0.15) is 0 Å². The quantitative estimate of drug-likeness (QED) is 0.917. The van der Waals surface area contributed by atoms with Crippen LogP contribution in [-0.4, -0.2) is 21.7 Å². The van der Waals surface area contributed by atoms with Gasteiger partial charge in [-0.15, -0.1) is 0 Å². The minimum Gasteiger partial charge on any atom is -0.488 e. The molecule has 1 aliphatic heterocycles. The van der Waals surface area contributed by atoms with E-state index in [4.69, 9.17) is 4.74 Å². The van der Waals surface area contributed by atoms with Crippen molar-refractivity contribution < 1.29 is 9.13 Å². The summed E-state index contributed by atoms with van der Waals surface area (Å²) in [5, 5.41) is 3.48. The number of aromatic nitrogens is 2. The van der Waals surface area contributed by atoms with Gasteiger partial charge in [-0.05, 0) is 31.0 Å². The molecule has 0 amide bonds. The summed E-state index contributed by atoms with van der Waals surface area (Å²) >= 11 is 0. The van der Waals surface area contributed by atoms with E-state index in [1.807, 2.05) is 12.4 Å². The minimum absolute atomic E-state index is 0.0516. The van der Waals surface area contributed by atoms with Crippen molar-refractivity contribution in [3.63, 3.8) is 0 Å². The molecule has 2 aliphatic rings. The monoisotopic (exact) mass is 287 g/mol. The molecular weight excluding hydrogens is 269 g/mol. The molecule has 1 fully saturated rings. The molecule has 0 spiro atoms. The number of fused-ring (bicyclic) bond motifs is 1. The van der Waals surface area contributed by atoms with E-state index in [9.17, 15) is 4.39 Å². The van der Waals surface area contributed by atoms with Crippen LogP contribution in [0.4, 0.5) is 4.39 Å². The van der Waals surface area contributed by atoms with Gasteiger partial charge in [0.25, 0.3) is 0 Å². The molecule has 1 aromatic heterocycles. The van der Waals surface area contributed by atoms with Gasteiger partial charge in [-0.1, -0.05) is 0 Å². The van der Waals surface area contributed by atoms with Crippen LogP contribution < -0.4 is 10.1 Å². The summed E-state index contributed by atoms with van der Waals surface area (Å²) in [6.45, 7) is 1.55. The molecule has 21 heavy (non-hydrogen) atoms. The number of hydrogen-bond acceptors (Lipinski definition) is 3. The number of nitrogens with zero attached hydrogens (tertiary/aromatic N) is 2. The van der Waals surface area contributed by atoms with Gasteiger partial charge in [0.1, 0.15) is 23.5 Å². The second kappa shape index (κ2) is 5.15. The van der Waals surface area contributed by atoms with Gasteiger partial charge in [0.05, 0.1) is 13.1 Å². The van der Waals surface area contributed by atoms with Crippen molar-refractivity contribution in [3.8, 4) is 5.75 Å². The van der Waals surface area contributed by atoms with E-state index < -0.39 is 0 Å². The van der Waals surface area contributed by atoms with Crippen molar-refractivity contribution in [3.05, 3.63) is 47.8 Å². The van der Waals surface area contributed by atoms with Gasteiger partial charge >= 0.3 is 0 Å². The standard InChI is InChI=1S/C16H18FN3O/c17-12-1-4-15-11(7-12)8-14(21-15)10-20-6-5-18-16(20)9-19-13-2-3-13/h1,4-7,13-14,19H,2-3,8-10H2. The van der Waals surface area contributed by atoms with Crippen LogP contribution in [0.3, 0.4) is 0 Å². The summed E-state index contributed by atoms with van der Waals surface area (Å²) in [5.74, 6) is 1.64. The molecule has 4 rings (SSSR count). The molecule has 2 heterocycles. The Morgan fingerprint density at radius 1 is 1.38 bits per heavy atom. The van der Waals surface area contributed by atoms with Crippen LogP contribution in [0.25, 0.3) is 0 Å². The van der Waals surface area contributed by atoms with Gasteiger partial charge < -0.3 is 14.6 Å². The molecule has 110 valence electrons. The Morgan fingerprint density at radius 2 is 2.29 bits per heavy atom. The molecular formula is C16H18FN3O. The molecule has 5 heteroatoms. The third kappa shape index (κ3) is 2.78. The largest absolute Gasteiger partial charge is 0.488 e. The molecule has 1 aliphatic carbocycles. The third-order valence-corrected chi connectivity index (χ3v) is 4.09. The topological polar surface area (TPSA) is 39.1 Å². The Bertz CT molecular complexity index is 651. The average molecular weight is 287 g/mol. The zero-order chi connectivity index (χ0) is 14.2. The lowest BCUT2D eigenvalue weighted by molar-refractivity contribution is 0.207. The Balaban J connectivity index is 1.42. The first-order valence-corrected chi connectivity index (χ1v) is 7.46. The lowest BCUT2D eigenvalue weighted by Gasteiger charge is -2.14. The lowest BCUT2D eigenvalue weighted by Crippen LogP contribution is -2.24. The molecule has 1 saturated carbocycles. The van der Waals surface area contributed by atoms with Crippen molar-refractivity contribution in [1.82, 2.24) is 14.9 Å². The normalized spacial score (nSPS) is 20.3. The number of hydrogen-bond donors (Lipinski definition) is 1. The smallest absolute Gasteiger partial charge is 0.123 e. The van der Waals surface area contributed by atoms with Crippen molar-refractivity contribution in [2.45, 2.75) is 44.5 Å². The maximum atomic E-state index is 13.2. The van der Waals surface area contributed by atoms with E-state index in [2.05, 4.69) is 14.9 Å². The highest BCUT2D eigenvalue weighted by molar-refractivity contribution is 5.37. The summed E-state index contributed by atoms with van der Waals surface area (Å²) in [6.07, 6.45) is 7.15.